The molecule has 19 heavy (non-hydrogen) atoms. The number of thiophene rings is 1. The molecule has 0 amide bonds. The number of aromatic nitrogens is 2. The van der Waals surface area contributed by atoms with Crippen LogP contribution in [0.1, 0.15) is 13.8 Å². The maximum Gasteiger partial charge on any atom is 0.150 e. The van der Waals surface area contributed by atoms with Gasteiger partial charge in [-0.05, 0) is 37.4 Å². The minimum Gasteiger partial charge on any atom is -0.298 e. The van der Waals surface area contributed by atoms with E-state index in [4.69, 9.17) is 0 Å². The number of rotatable bonds is 5. The highest BCUT2D eigenvalue weighted by Gasteiger charge is 2.21. The smallest absolute Gasteiger partial charge is 0.150 e. The second-order valence-corrected chi connectivity index (χ2v) is 6.03. The van der Waals surface area contributed by atoms with Crippen molar-refractivity contribution >= 4 is 34.7 Å². The fraction of sp³-hybridized carbons (Fsp3) is 0.231. The third kappa shape index (κ3) is 3.48. The van der Waals surface area contributed by atoms with Crippen molar-refractivity contribution in [3.05, 3.63) is 29.6 Å². The van der Waals surface area contributed by atoms with Crippen molar-refractivity contribution in [1.82, 2.24) is 10.2 Å². The second-order valence-electron chi connectivity index (χ2n) is 3.95. The average molecular weight is 292 g/mol. The van der Waals surface area contributed by atoms with Crippen LogP contribution in [0.25, 0.3) is 10.6 Å². The first-order valence-electron chi connectivity index (χ1n) is 5.63. The lowest BCUT2D eigenvalue weighted by molar-refractivity contribution is -0.123. The summed E-state index contributed by atoms with van der Waals surface area (Å²) in [5.41, 5.74) is 0.793. The lowest BCUT2D eigenvalue weighted by Crippen LogP contribution is -2.22. The van der Waals surface area contributed by atoms with Gasteiger partial charge in [0, 0.05) is 0 Å². The number of hydrogen-bond acceptors (Lipinski definition) is 6. The Bertz CT molecular complexity index is 565. The molecular formula is C13H12N2O2S2. The molecule has 0 aromatic carbocycles. The van der Waals surface area contributed by atoms with Gasteiger partial charge in [-0.1, -0.05) is 17.8 Å². The molecule has 0 N–H and O–H groups in total. The third-order valence-electron chi connectivity index (χ3n) is 2.39. The standard InChI is InChI=1S/C13H12N2O2S2/c1-8(16)13(9(2)17)19-12-6-5-10(14-15-12)11-4-3-7-18-11/h3-7,13H,1-2H3. The molecule has 0 atom stereocenters. The third-order valence-corrected chi connectivity index (χ3v) is 4.64. The molecule has 2 rings (SSSR count). The number of carbonyl (C=O) groups is 2. The Hall–Kier alpha value is -1.53. The second kappa shape index (κ2) is 6.08. The molecule has 2 heterocycles. The van der Waals surface area contributed by atoms with Gasteiger partial charge < -0.3 is 0 Å². The van der Waals surface area contributed by atoms with Gasteiger partial charge in [0.1, 0.15) is 16.0 Å². The van der Waals surface area contributed by atoms with Crippen molar-refractivity contribution in [3.8, 4) is 10.6 Å². The molecule has 0 saturated carbocycles. The van der Waals surface area contributed by atoms with E-state index in [9.17, 15) is 9.59 Å². The summed E-state index contributed by atoms with van der Waals surface area (Å²) < 4.78 is 0. The molecule has 0 saturated heterocycles. The number of nitrogens with zero attached hydrogens (tertiary/aromatic N) is 2. The highest BCUT2D eigenvalue weighted by molar-refractivity contribution is 8.01. The molecule has 0 unspecified atom stereocenters. The van der Waals surface area contributed by atoms with Crippen LogP contribution in [0.3, 0.4) is 0 Å². The van der Waals surface area contributed by atoms with E-state index in [1.54, 1.807) is 17.4 Å². The highest BCUT2D eigenvalue weighted by Crippen LogP contribution is 2.26. The minimum atomic E-state index is -0.693. The Morgan fingerprint density at radius 2 is 1.89 bits per heavy atom. The van der Waals surface area contributed by atoms with Crippen LogP contribution in [-0.2, 0) is 9.59 Å². The Labute approximate surface area is 119 Å². The zero-order chi connectivity index (χ0) is 13.8. The van der Waals surface area contributed by atoms with Crippen LogP contribution in [0.5, 0.6) is 0 Å². The molecule has 0 spiro atoms. The summed E-state index contributed by atoms with van der Waals surface area (Å²) in [6.07, 6.45) is 0. The minimum absolute atomic E-state index is 0.165. The predicted octanol–water partition coefficient (Wildman–Crippen LogP) is 2.84. The summed E-state index contributed by atoms with van der Waals surface area (Å²) in [5, 5.41) is 10.0. The molecule has 4 nitrogen and oxygen atoms in total. The van der Waals surface area contributed by atoms with Crippen LogP contribution in [0.4, 0.5) is 0 Å². The van der Waals surface area contributed by atoms with E-state index in [2.05, 4.69) is 10.2 Å². The van der Waals surface area contributed by atoms with E-state index in [0.717, 1.165) is 22.3 Å². The summed E-state index contributed by atoms with van der Waals surface area (Å²) in [5.74, 6) is -0.330. The van der Waals surface area contributed by atoms with E-state index in [0.29, 0.717) is 5.03 Å². The average Bonchev–Trinajstić information content (AvgIpc) is 2.89. The van der Waals surface area contributed by atoms with Gasteiger partial charge in [-0.25, -0.2) is 0 Å². The Morgan fingerprint density at radius 1 is 1.16 bits per heavy atom. The maximum absolute atomic E-state index is 11.4. The first-order chi connectivity index (χ1) is 9.08. The molecule has 0 aliphatic rings. The summed E-state index contributed by atoms with van der Waals surface area (Å²) in [6.45, 7) is 2.82. The molecule has 0 aliphatic carbocycles. The monoisotopic (exact) mass is 292 g/mol. The van der Waals surface area contributed by atoms with Crippen LogP contribution < -0.4 is 0 Å². The molecule has 98 valence electrons. The summed E-state index contributed by atoms with van der Waals surface area (Å²) in [4.78, 5) is 23.8. The van der Waals surface area contributed by atoms with E-state index in [1.807, 2.05) is 23.6 Å². The van der Waals surface area contributed by atoms with Crippen molar-refractivity contribution in [2.45, 2.75) is 24.1 Å². The quantitative estimate of drug-likeness (QED) is 0.626. The topological polar surface area (TPSA) is 59.9 Å². The fourth-order valence-corrected chi connectivity index (χ4v) is 3.01. The molecule has 2 aromatic rings. The van der Waals surface area contributed by atoms with Gasteiger partial charge in [-0.3, -0.25) is 9.59 Å². The van der Waals surface area contributed by atoms with E-state index in [-0.39, 0.29) is 11.6 Å². The van der Waals surface area contributed by atoms with Crippen LogP contribution in [0.2, 0.25) is 0 Å². The van der Waals surface area contributed by atoms with E-state index < -0.39 is 5.25 Å². The Morgan fingerprint density at radius 3 is 2.37 bits per heavy atom. The lowest BCUT2D eigenvalue weighted by atomic mass is 10.2. The zero-order valence-electron chi connectivity index (χ0n) is 10.5. The van der Waals surface area contributed by atoms with Crippen LogP contribution in [0, 0.1) is 0 Å². The largest absolute Gasteiger partial charge is 0.298 e. The molecule has 2 aromatic heterocycles. The summed E-state index contributed by atoms with van der Waals surface area (Å²) in [6, 6.07) is 7.55. The summed E-state index contributed by atoms with van der Waals surface area (Å²) >= 11 is 2.73. The number of thioether (sulfide) groups is 1. The Balaban J connectivity index is 2.15. The van der Waals surface area contributed by atoms with Gasteiger partial charge in [-0.2, -0.15) is 0 Å². The van der Waals surface area contributed by atoms with Gasteiger partial charge in [0.05, 0.1) is 4.88 Å². The van der Waals surface area contributed by atoms with Crippen LogP contribution in [-0.4, -0.2) is 27.0 Å². The van der Waals surface area contributed by atoms with Crippen molar-refractivity contribution in [2.75, 3.05) is 0 Å². The van der Waals surface area contributed by atoms with Gasteiger partial charge in [-0.15, -0.1) is 21.5 Å². The number of carbonyl (C=O) groups excluding carboxylic acids is 2. The normalized spacial score (nSPS) is 10.7. The van der Waals surface area contributed by atoms with Crippen molar-refractivity contribution < 1.29 is 9.59 Å². The van der Waals surface area contributed by atoms with Gasteiger partial charge in [0.2, 0.25) is 0 Å². The Kier molecular flexibility index (Phi) is 4.44. The summed E-state index contributed by atoms with van der Waals surface area (Å²) in [7, 11) is 0. The molecule has 0 aliphatic heterocycles. The van der Waals surface area contributed by atoms with Gasteiger partial charge >= 0.3 is 0 Å². The molecule has 0 fully saturated rings. The maximum atomic E-state index is 11.4. The SMILES string of the molecule is CC(=O)C(Sc1ccc(-c2cccs2)nn1)C(C)=O. The molecular weight excluding hydrogens is 280 g/mol. The predicted molar refractivity (Wildman–Crippen MR) is 76.4 cm³/mol. The lowest BCUT2D eigenvalue weighted by Gasteiger charge is -2.08. The van der Waals surface area contributed by atoms with Crippen molar-refractivity contribution in [3.63, 3.8) is 0 Å². The highest BCUT2D eigenvalue weighted by atomic mass is 32.2. The van der Waals surface area contributed by atoms with Crippen LogP contribution in [0.15, 0.2) is 34.7 Å². The fourth-order valence-electron chi connectivity index (χ4n) is 1.51. The first kappa shape index (κ1) is 13.9. The first-order valence-corrected chi connectivity index (χ1v) is 7.39. The van der Waals surface area contributed by atoms with E-state index in [1.165, 1.54) is 13.8 Å². The molecule has 0 radical (unpaired) electrons. The number of Topliss-reactive ketones (excluding diaryl/α,β-unsaturated/α-hetero) is 2. The molecule has 6 heteroatoms. The van der Waals surface area contributed by atoms with Crippen molar-refractivity contribution in [2.24, 2.45) is 0 Å². The van der Waals surface area contributed by atoms with Gasteiger partial charge in [0.25, 0.3) is 0 Å². The van der Waals surface area contributed by atoms with Crippen LogP contribution >= 0.6 is 23.1 Å². The zero-order valence-corrected chi connectivity index (χ0v) is 12.1. The molecule has 0 bridgehead atoms. The number of hydrogen-bond donors (Lipinski definition) is 0. The van der Waals surface area contributed by atoms with Crippen molar-refractivity contribution in [1.29, 1.82) is 0 Å². The van der Waals surface area contributed by atoms with Gasteiger partial charge in [0.15, 0.2) is 11.6 Å². The number of ketones is 2. The van der Waals surface area contributed by atoms with E-state index >= 15 is 0 Å².